The second-order valence-corrected chi connectivity index (χ2v) is 3.90. The molecule has 0 saturated heterocycles. The Kier molecular flexibility index (Phi) is 5.29. The van der Waals surface area contributed by atoms with Crippen LogP contribution in [0.5, 0.6) is 5.75 Å². The third-order valence-electron chi connectivity index (χ3n) is 2.27. The third-order valence-corrected chi connectivity index (χ3v) is 2.27. The molecular formula is C12H13F4NO2. The Hall–Kier alpha value is -1.63. The third kappa shape index (κ3) is 5.69. The van der Waals surface area contributed by atoms with Gasteiger partial charge in [0.2, 0.25) is 0 Å². The number of halogens is 4. The number of hydrogen-bond donors (Lipinski definition) is 1. The van der Waals surface area contributed by atoms with Gasteiger partial charge in [0, 0.05) is 6.42 Å². The summed E-state index contributed by atoms with van der Waals surface area (Å²) in [6.07, 6.45) is -4.49. The number of hydrogen-bond acceptors (Lipinski definition) is 3. The Labute approximate surface area is 107 Å². The molecule has 19 heavy (non-hydrogen) atoms. The molecule has 0 aliphatic heterocycles. The van der Waals surface area contributed by atoms with Crippen molar-refractivity contribution in [2.24, 2.45) is 0 Å². The largest absolute Gasteiger partial charge is 0.494 e. The van der Waals surface area contributed by atoms with E-state index in [1.807, 2.05) is 5.32 Å². The zero-order valence-electron chi connectivity index (χ0n) is 10.2. The molecular weight excluding hydrogens is 266 g/mol. The first-order chi connectivity index (χ1) is 8.81. The number of ketones is 1. The van der Waals surface area contributed by atoms with Crippen molar-refractivity contribution in [2.45, 2.75) is 12.6 Å². The van der Waals surface area contributed by atoms with Gasteiger partial charge in [0.1, 0.15) is 0 Å². The van der Waals surface area contributed by atoms with Crippen molar-refractivity contribution in [3.63, 3.8) is 0 Å². The predicted molar refractivity (Wildman–Crippen MR) is 60.6 cm³/mol. The number of benzene rings is 1. The van der Waals surface area contributed by atoms with Gasteiger partial charge in [-0.05, 0) is 17.7 Å². The van der Waals surface area contributed by atoms with Gasteiger partial charge in [0.05, 0.1) is 20.2 Å². The van der Waals surface area contributed by atoms with E-state index in [1.165, 1.54) is 19.2 Å². The first-order valence-corrected chi connectivity index (χ1v) is 5.43. The first-order valence-electron chi connectivity index (χ1n) is 5.43. The van der Waals surface area contributed by atoms with Gasteiger partial charge in [0.25, 0.3) is 0 Å². The van der Waals surface area contributed by atoms with E-state index in [1.54, 1.807) is 0 Å². The molecule has 0 aliphatic rings. The SMILES string of the molecule is COc1ccc(CC(=O)CNCC(F)(F)F)cc1F. The standard InChI is InChI=1S/C12H13F4NO2/c1-19-11-3-2-8(5-10(11)13)4-9(18)6-17-7-12(14,15)16/h2-3,5,17H,4,6-7H2,1H3. The zero-order valence-corrected chi connectivity index (χ0v) is 10.2. The predicted octanol–water partition coefficient (Wildman–Crippen LogP) is 2.10. The molecule has 0 aliphatic carbocycles. The lowest BCUT2D eigenvalue weighted by molar-refractivity contribution is -0.127. The van der Waals surface area contributed by atoms with E-state index in [0.717, 1.165) is 6.07 Å². The summed E-state index contributed by atoms with van der Waals surface area (Å²) in [5.74, 6) is -1.02. The average molecular weight is 279 g/mol. The van der Waals surface area contributed by atoms with Crippen molar-refractivity contribution >= 4 is 5.78 Å². The van der Waals surface area contributed by atoms with Crippen LogP contribution in [0.1, 0.15) is 5.56 Å². The lowest BCUT2D eigenvalue weighted by atomic mass is 10.1. The van der Waals surface area contributed by atoms with E-state index in [2.05, 4.69) is 0 Å². The van der Waals surface area contributed by atoms with E-state index < -0.39 is 30.9 Å². The minimum atomic E-state index is -4.35. The van der Waals surface area contributed by atoms with Crippen LogP contribution in [0.25, 0.3) is 0 Å². The number of rotatable bonds is 6. The highest BCUT2D eigenvalue weighted by atomic mass is 19.4. The summed E-state index contributed by atoms with van der Waals surface area (Å²) in [5, 5.41) is 1.99. The normalized spacial score (nSPS) is 11.4. The maximum atomic E-state index is 13.3. The van der Waals surface area contributed by atoms with Crippen LogP contribution in [0.15, 0.2) is 18.2 Å². The molecule has 0 saturated carbocycles. The molecule has 0 fully saturated rings. The Morgan fingerprint density at radius 2 is 2.05 bits per heavy atom. The van der Waals surface area contributed by atoms with Crippen molar-refractivity contribution < 1.29 is 27.1 Å². The fourth-order valence-corrected chi connectivity index (χ4v) is 1.45. The van der Waals surface area contributed by atoms with Crippen LogP contribution in [0.2, 0.25) is 0 Å². The van der Waals surface area contributed by atoms with Crippen molar-refractivity contribution in [1.82, 2.24) is 5.32 Å². The molecule has 0 amide bonds. The van der Waals surface area contributed by atoms with E-state index >= 15 is 0 Å². The molecule has 1 aromatic rings. The average Bonchev–Trinajstić information content (AvgIpc) is 2.27. The minimum absolute atomic E-state index is 0.0476. The molecule has 7 heteroatoms. The number of carbonyl (C=O) groups is 1. The van der Waals surface area contributed by atoms with Crippen LogP contribution in [0.3, 0.4) is 0 Å². The summed E-state index contributed by atoms with van der Waals surface area (Å²) >= 11 is 0. The fraction of sp³-hybridized carbons (Fsp3) is 0.417. The second-order valence-electron chi connectivity index (χ2n) is 3.90. The Bertz CT molecular complexity index is 446. The second kappa shape index (κ2) is 6.51. The van der Waals surface area contributed by atoms with Gasteiger partial charge in [-0.3, -0.25) is 4.79 Å². The van der Waals surface area contributed by atoms with Crippen LogP contribution < -0.4 is 10.1 Å². The quantitative estimate of drug-likeness (QED) is 0.810. The minimum Gasteiger partial charge on any atom is -0.494 e. The summed E-state index contributed by atoms with van der Waals surface area (Å²) in [5.41, 5.74) is 0.386. The summed E-state index contributed by atoms with van der Waals surface area (Å²) in [7, 11) is 1.31. The number of alkyl halides is 3. The van der Waals surface area contributed by atoms with Gasteiger partial charge in [-0.15, -0.1) is 0 Å². The molecule has 106 valence electrons. The molecule has 0 unspecified atom stereocenters. The maximum Gasteiger partial charge on any atom is 0.401 e. The van der Waals surface area contributed by atoms with Crippen molar-refractivity contribution in [1.29, 1.82) is 0 Å². The molecule has 1 rings (SSSR count). The van der Waals surface area contributed by atoms with Gasteiger partial charge in [-0.2, -0.15) is 13.2 Å². The van der Waals surface area contributed by atoms with Gasteiger partial charge in [-0.1, -0.05) is 6.07 Å². The van der Waals surface area contributed by atoms with E-state index in [4.69, 9.17) is 4.74 Å². The molecule has 1 N–H and O–H groups in total. The number of carbonyl (C=O) groups excluding carboxylic acids is 1. The molecule has 0 aromatic heterocycles. The molecule has 0 spiro atoms. The smallest absolute Gasteiger partial charge is 0.401 e. The first kappa shape index (κ1) is 15.4. The van der Waals surface area contributed by atoms with Crippen LogP contribution in [0.4, 0.5) is 17.6 Å². The zero-order chi connectivity index (χ0) is 14.5. The topological polar surface area (TPSA) is 38.3 Å². The van der Waals surface area contributed by atoms with Crippen LogP contribution in [-0.4, -0.2) is 32.2 Å². The van der Waals surface area contributed by atoms with E-state index in [-0.39, 0.29) is 12.2 Å². The lowest BCUT2D eigenvalue weighted by Crippen LogP contribution is -2.33. The molecule has 0 atom stereocenters. The number of nitrogens with one attached hydrogen (secondary N) is 1. The summed E-state index contributed by atoms with van der Waals surface area (Å²) < 4.78 is 53.5. The number of ether oxygens (including phenoxy) is 1. The Morgan fingerprint density at radius 3 is 2.58 bits per heavy atom. The summed E-state index contributed by atoms with van der Waals surface area (Å²) in [6.45, 7) is -1.64. The number of Topliss-reactive ketones (excluding diaryl/α,β-unsaturated/α-hetero) is 1. The molecule has 3 nitrogen and oxygen atoms in total. The fourth-order valence-electron chi connectivity index (χ4n) is 1.45. The van der Waals surface area contributed by atoms with E-state index in [0.29, 0.717) is 5.56 Å². The van der Waals surface area contributed by atoms with Gasteiger partial charge in [0.15, 0.2) is 17.3 Å². The monoisotopic (exact) mass is 279 g/mol. The highest BCUT2D eigenvalue weighted by Crippen LogP contribution is 2.18. The lowest BCUT2D eigenvalue weighted by Gasteiger charge is -2.08. The van der Waals surface area contributed by atoms with Crippen molar-refractivity contribution in [2.75, 3.05) is 20.2 Å². The highest BCUT2D eigenvalue weighted by molar-refractivity contribution is 5.82. The van der Waals surface area contributed by atoms with Crippen LogP contribution in [0, 0.1) is 5.82 Å². The Balaban J connectivity index is 2.46. The van der Waals surface area contributed by atoms with Crippen LogP contribution in [-0.2, 0) is 11.2 Å². The van der Waals surface area contributed by atoms with Gasteiger partial charge in [-0.25, -0.2) is 4.39 Å². The van der Waals surface area contributed by atoms with Crippen molar-refractivity contribution in [3.05, 3.63) is 29.6 Å². The van der Waals surface area contributed by atoms with Crippen LogP contribution >= 0.6 is 0 Å². The maximum absolute atomic E-state index is 13.3. The number of methoxy groups -OCH3 is 1. The summed E-state index contributed by atoms with van der Waals surface area (Å²) in [6, 6.07) is 3.98. The van der Waals surface area contributed by atoms with Gasteiger partial charge < -0.3 is 10.1 Å². The Morgan fingerprint density at radius 1 is 1.37 bits per heavy atom. The summed E-state index contributed by atoms with van der Waals surface area (Å²) in [4.78, 5) is 11.4. The van der Waals surface area contributed by atoms with Gasteiger partial charge >= 0.3 is 6.18 Å². The molecule has 0 bridgehead atoms. The molecule has 0 heterocycles. The molecule has 1 aromatic carbocycles. The van der Waals surface area contributed by atoms with Crippen molar-refractivity contribution in [3.8, 4) is 5.75 Å². The van der Waals surface area contributed by atoms with E-state index in [9.17, 15) is 22.4 Å². The highest BCUT2D eigenvalue weighted by Gasteiger charge is 2.26. The molecule has 0 radical (unpaired) electrons.